The van der Waals surface area contributed by atoms with E-state index < -0.39 is 0 Å². The number of thioether (sulfide) groups is 1. The topological polar surface area (TPSA) is 68.9 Å². The summed E-state index contributed by atoms with van der Waals surface area (Å²) in [7, 11) is 0. The Labute approximate surface area is 154 Å². The maximum Gasteiger partial charge on any atom is 0.191 e. The summed E-state index contributed by atoms with van der Waals surface area (Å²) in [5.74, 6) is 1.62. The second-order valence-electron chi connectivity index (χ2n) is 6.50. The summed E-state index contributed by atoms with van der Waals surface area (Å²) in [5, 5.41) is 1.62. The number of aromatic nitrogens is 2. The number of nitrogen functional groups attached to an aromatic ring is 1. The number of ketones is 1. The van der Waals surface area contributed by atoms with Crippen molar-refractivity contribution in [2.24, 2.45) is 5.92 Å². The van der Waals surface area contributed by atoms with Crippen LogP contribution in [0.25, 0.3) is 10.2 Å². The number of fused-ring (bicyclic) bond motifs is 3. The molecule has 0 spiro atoms. The molecule has 0 amide bonds. The summed E-state index contributed by atoms with van der Waals surface area (Å²) >= 11 is 3.09. The smallest absolute Gasteiger partial charge is 0.191 e. The maximum absolute atomic E-state index is 12.3. The van der Waals surface area contributed by atoms with Crippen LogP contribution in [0.5, 0.6) is 0 Å². The second kappa shape index (κ2) is 6.77. The van der Waals surface area contributed by atoms with Gasteiger partial charge in [0.15, 0.2) is 10.9 Å². The van der Waals surface area contributed by atoms with Crippen molar-refractivity contribution in [1.82, 2.24) is 9.97 Å². The number of benzene rings is 1. The molecule has 1 aromatic carbocycles. The van der Waals surface area contributed by atoms with Crippen LogP contribution in [0.15, 0.2) is 35.5 Å². The third-order valence-corrected chi connectivity index (χ3v) is 6.62. The molecule has 2 heterocycles. The number of carbonyl (C=O) groups is 1. The van der Waals surface area contributed by atoms with Crippen molar-refractivity contribution in [1.29, 1.82) is 0 Å². The summed E-state index contributed by atoms with van der Waals surface area (Å²) in [6.07, 6.45) is 3.38. The zero-order chi connectivity index (χ0) is 17.4. The van der Waals surface area contributed by atoms with Gasteiger partial charge in [-0.3, -0.25) is 4.79 Å². The van der Waals surface area contributed by atoms with Gasteiger partial charge in [0, 0.05) is 10.4 Å². The predicted octanol–water partition coefficient (Wildman–Crippen LogP) is 4.37. The normalized spacial score (nSPS) is 16.8. The van der Waals surface area contributed by atoms with Gasteiger partial charge < -0.3 is 5.73 Å². The van der Waals surface area contributed by atoms with Crippen molar-refractivity contribution in [3.63, 3.8) is 0 Å². The zero-order valence-electron chi connectivity index (χ0n) is 14.0. The molecule has 25 heavy (non-hydrogen) atoms. The third kappa shape index (κ3) is 3.28. The van der Waals surface area contributed by atoms with Gasteiger partial charge in [0.2, 0.25) is 0 Å². The molecule has 4 nitrogen and oxygen atoms in total. The lowest BCUT2D eigenvalue weighted by atomic mass is 9.89. The van der Waals surface area contributed by atoms with E-state index in [1.54, 1.807) is 11.3 Å². The van der Waals surface area contributed by atoms with Crippen LogP contribution < -0.4 is 5.73 Å². The van der Waals surface area contributed by atoms with Gasteiger partial charge in [-0.15, -0.1) is 11.3 Å². The largest absolute Gasteiger partial charge is 0.383 e. The van der Waals surface area contributed by atoms with Crippen molar-refractivity contribution in [3.8, 4) is 0 Å². The molecule has 1 aliphatic rings. The van der Waals surface area contributed by atoms with Crippen molar-refractivity contribution in [3.05, 3.63) is 46.3 Å². The predicted molar refractivity (Wildman–Crippen MR) is 105 cm³/mol. The summed E-state index contributed by atoms with van der Waals surface area (Å²) in [6, 6.07) is 9.30. The van der Waals surface area contributed by atoms with Gasteiger partial charge in [-0.25, -0.2) is 9.97 Å². The maximum atomic E-state index is 12.3. The molecule has 3 aromatic rings. The Bertz CT molecular complexity index is 937. The summed E-state index contributed by atoms with van der Waals surface area (Å²) in [6.45, 7) is 2.28. The van der Waals surface area contributed by atoms with E-state index in [1.165, 1.54) is 28.6 Å². The van der Waals surface area contributed by atoms with E-state index in [9.17, 15) is 4.79 Å². The lowest BCUT2D eigenvalue weighted by molar-refractivity contribution is 0.102. The summed E-state index contributed by atoms with van der Waals surface area (Å²) in [5.41, 5.74) is 8.30. The lowest BCUT2D eigenvalue weighted by Crippen LogP contribution is -2.09. The standard InChI is InChI=1S/C19H19N3OS2/c1-11-7-8-15-13(9-11)16-17(20)21-19(22-18(16)25-15)24-10-14(23)12-5-3-2-4-6-12/h2-6,11H,7-10H2,1H3,(H2,20,21,22)/t11-/m1/s1. The minimum atomic E-state index is 0.0761. The highest BCUT2D eigenvalue weighted by molar-refractivity contribution is 7.99. The first kappa shape index (κ1) is 16.5. The molecule has 0 unspecified atom stereocenters. The van der Waals surface area contributed by atoms with Crippen LogP contribution in [0.4, 0.5) is 5.82 Å². The van der Waals surface area contributed by atoms with Gasteiger partial charge in [-0.05, 0) is 30.7 Å². The average molecular weight is 370 g/mol. The van der Waals surface area contributed by atoms with Gasteiger partial charge in [0.25, 0.3) is 0 Å². The quantitative estimate of drug-likeness (QED) is 0.420. The molecule has 0 saturated carbocycles. The number of carbonyl (C=O) groups excluding carboxylic acids is 1. The van der Waals surface area contributed by atoms with Crippen LogP contribution in [-0.4, -0.2) is 21.5 Å². The van der Waals surface area contributed by atoms with E-state index in [4.69, 9.17) is 5.73 Å². The zero-order valence-corrected chi connectivity index (χ0v) is 15.6. The van der Waals surface area contributed by atoms with E-state index in [1.807, 2.05) is 30.3 Å². The molecule has 1 aliphatic carbocycles. The monoisotopic (exact) mass is 369 g/mol. The van der Waals surface area contributed by atoms with Crippen molar-refractivity contribution in [2.75, 3.05) is 11.5 Å². The van der Waals surface area contributed by atoms with Gasteiger partial charge in [0.1, 0.15) is 10.6 Å². The van der Waals surface area contributed by atoms with Crippen LogP contribution in [0.1, 0.15) is 34.1 Å². The van der Waals surface area contributed by atoms with Crippen molar-refractivity contribution in [2.45, 2.75) is 31.3 Å². The fourth-order valence-corrected chi connectivity index (χ4v) is 5.29. The average Bonchev–Trinajstić information content (AvgIpc) is 2.98. The molecule has 0 fully saturated rings. The molecule has 2 N–H and O–H groups in total. The molecule has 0 saturated heterocycles. The Morgan fingerprint density at radius 2 is 2.12 bits per heavy atom. The van der Waals surface area contributed by atoms with Crippen molar-refractivity contribution < 1.29 is 4.79 Å². The highest BCUT2D eigenvalue weighted by Crippen LogP contribution is 2.39. The Hall–Kier alpha value is -1.92. The lowest BCUT2D eigenvalue weighted by Gasteiger charge is -2.18. The molecular weight excluding hydrogens is 350 g/mol. The van der Waals surface area contributed by atoms with E-state index >= 15 is 0 Å². The number of nitrogens with zero attached hydrogens (tertiary/aromatic N) is 2. The highest BCUT2D eigenvalue weighted by Gasteiger charge is 2.23. The van der Waals surface area contributed by atoms with Crippen LogP contribution >= 0.6 is 23.1 Å². The molecular formula is C19H19N3OS2. The number of nitrogens with two attached hydrogens (primary N) is 1. The number of aryl methyl sites for hydroxylation is 1. The molecule has 0 radical (unpaired) electrons. The first-order valence-electron chi connectivity index (χ1n) is 8.40. The molecule has 0 aliphatic heterocycles. The molecule has 0 bridgehead atoms. The van der Waals surface area contributed by atoms with Crippen molar-refractivity contribution >= 4 is 44.9 Å². The fraction of sp³-hybridized carbons (Fsp3) is 0.316. The first-order chi connectivity index (χ1) is 12.1. The number of Topliss-reactive ketones (excluding diaryl/α,β-unsaturated/α-hetero) is 1. The minimum Gasteiger partial charge on any atom is -0.383 e. The van der Waals surface area contributed by atoms with Gasteiger partial charge in [-0.1, -0.05) is 49.0 Å². The number of rotatable bonds is 4. The Balaban J connectivity index is 1.58. The number of hydrogen-bond acceptors (Lipinski definition) is 6. The van der Waals surface area contributed by atoms with Crippen LogP contribution in [0, 0.1) is 5.92 Å². The van der Waals surface area contributed by atoms with Crippen LogP contribution in [0.2, 0.25) is 0 Å². The second-order valence-corrected chi connectivity index (χ2v) is 8.53. The molecule has 4 rings (SSSR count). The van der Waals surface area contributed by atoms with Crippen LogP contribution in [0.3, 0.4) is 0 Å². The molecule has 2 aromatic heterocycles. The number of anilines is 1. The van der Waals surface area contributed by atoms with Crippen LogP contribution in [-0.2, 0) is 12.8 Å². The van der Waals surface area contributed by atoms with Gasteiger partial charge in [-0.2, -0.15) is 0 Å². The summed E-state index contributed by atoms with van der Waals surface area (Å²) in [4.78, 5) is 23.7. The highest BCUT2D eigenvalue weighted by atomic mass is 32.2. The Morgan fingerprint density at radius 1 is 1.32 bits per heavy atom. The number of hydrogen-bond donors (Lipinski definition) is 1. The molecule has 1 atom stereocenters. The SMILES string of the molecule is C[C@@H]1CCc2sc3nc(SCC(=O)c4ccccc4)nc(N)c3c2C1. The van der Waals surface area contributed by atoms with E-state index in [0.29, 0.717) is 28.2 Å². The third-order valence-electron chi connectivity index (χ3n) is 4.59. The summed E-state index contributed by atoms with van der Waals surface area (Å²) < 4.78 is 0. The first-order valence-corrected chi connectivity index (χ1v) is 10.2. The minimum absolute atomic E-state index is 0.0761. The Kier molecular flexibility index (Phi) is 4.48. The van der Waals surface area contributed by atoms with E-state index in [0.717, 1.165) is 23.1 Å². The van der Waals surface area contributed by atoms with E-state index in [-0.39, 0.29) is 5.78 Å². The molecule has 6 heteroatoms. The molecule has 128 valence electrons. The fourth-order valence-electron chi connectivity index (χ4n) is 3.26. The Morgan fingerprint density at radius 3 is 2.92 bits per heavy atom. The van der Waals surface area contributed by atoms with E-state index in [2.05, 4.69) is 16.9 Å². The van der Waals surface area contributed by atoms with Gasteiger partial charge >= 0.3 is 0 Å². The van der Waals surface area contributed by atoms with Gasteiger partial charge in [0.05, 0.1) is 11.1 Å². The number of thiophene rings is 1.